The van der Waals surface area contributed by atoms with E-state index in [2.05, 4.69) is 0 Å². The molecule has 126 valence electrons. The monoisotopic (exact) mass is 348 g/mol. The number of non-ortho nitro benzene ring substituents is 1. The molecule has 2 aromatic rings. The highest BCUT2D eigenvalue weighted by Crippen LogP contribution is 2.31. The van der Waals surface area contributed by atoms with Gasteiger partial charge in [-0.15, -0.1) is 11.3 Å². The minimum atomic E-state index is -0.517. The second-order valence-corrected chi connectivity index (χ2v) is 6.32. The van der Waals surface area contributed by atoms with Crippen LogP contribution in [0.4, 0.5) is 5.69 Å². The molecule has 1 aromatic carbocycles. The fourth-order valence-electron chi connectivity index (χ4n) is 2.58. The Bertz CT molecular complexity index is 774. The van der Waals surface area contributed by atoms with Crippen LogP contribution in [0.2, 0.25) is 0 Å². The molecule has 1 aliphatic rings. The van der Waals surface area contributed by atoms with E-state index in [9.17, 15) is 14.9 Å². The third kappa shape index (κ3) is 3.33. The lowest BCUT2D eigenvalue weighted by Gasteiger charge is -2.27. The van der Waals surface area contributed by atoms with Gasteiger partial charge in [0, 0.05) is 24.0 Å². The number of thiophene rings is 1. The zero-order chi connectivity index (χ0) is 17.1. The highest BCUT2D eigenvalue weighted by molar-refractivity contribution is 7.10. The molecule has 0 atom stereocenters. The standard InChI is InChI=1S/C16H16N2O5S/c1-22-13-3-2-12(18(20)21)8-14(13)23-10-16(19)17-6-4-15-11(9-17)5-7-24-15/h2-3,5,7-8H,4,6,9-10H2,1H3. The average Bonchev–Trinajstić information content (AvgIpc) is 3.06. The van der Waals surface area contributed by atoms with E-state index in [0.29, 0.717) is 18.8 Å². The van der Waals surface area contributed by atoms with E-state index >= 15 is 0 Å². The summed E-state index contributed by atoms with van der Waals surface area (Å²) in [5.74, 6) is 0.390. The van der Waals surface area contributed by atoms with Crippen molar-refractivity contribution in [2.24, 2.45) is 0 Å². The second-order valence-electron chi connectivity index (χ2n) is 5.32. The fourth-order valence-corrected chi connectivity index (χ4v) is 3.47. The second kappa shape index (κ2) is 6.88. The van der Waals surface area contributed by atoms with Crippen LogP contribution in [0, 0.1) is 10.1 Å². The van der Waals surface area contributed by atoms with Crippen LogP contribution in [0.1, 0.15) is 10.4 Å². The van der Waals surface area contributed by atoms with Gasteiger partial charge in [0.05, 0.1) is 18.1 Å². The average molecular weight is 348 g/mol. The molecule has 0 saturated heterocycles. The highest BCUT2D eigenvalue weighted by Gasteiger charge is 2.22. The summed E-state index contributed by atoms with van der Waals surface area (Å²) in [6.45, 7) is 1.05. The lowest BCUT2D eigenvalue weighted by Crippen LogP contribution is -2.38. The summed E-state index contributed by atoms with van der Waals surface area (Å²) in [6, 6.07) is 6.08. The molecular weight excluding hydrogens is 332 g/mol. The van der Waals surface area contributed by atoms with Crippen molar-refractivity contribution in [2.75, 3.05) is 20.3 Å². The van der Waals surface area contributed by atoms with Crippen LogP contribution in [0.25, 0.3) is 0 Å². The number of nitro benzene ring substituents is 1. The molecule has 0 saturated carbocycles. The molecule has 0 aliphatic carbocycles. The number of ether oxygens (including phenoxy) is 2. The summed E-state index contributed by atoms with van der Waals surface area (Å²) in [6.07, 6.45) is 0.846. The van der Waals surface area contributed by atoms with E-state index < -0.39 is 4.92 Å². The Morgan fingerprint density at radius 1 is 1.38 bits per heavy atom. The highest BCUT2D eigenvalue weighted by atomic mass is 32.1. The van der Waals surface area contributed by atoms with Crippen molar-refractivity contribution in [1.82, 2.24) is 4.90 Å². The van der Waals surface area contributed by atoms with Crippen LogP contribution < -0.4 is 9.47 Å². The third-order valence-electron chi connectivity index (χ3n) is 3.87. The zero-order valence-electron chi connectivity index (χ0n) is 13.1. The Morgan fingerprint density at radius 3 is 2.96 bits per heavy atom. The van der Waals surface area contributed by atoms with E-state index in [-0.39, 0.29) is 24.0 Å². The molecule has 0 fully saturated rings. The topological polar surface area (TPSA) is 81.9 Å². The molecule has 8 heteroatoms. The number of amides is 1. The summed E-state index contributed by atoms with van der Waals surface area (Å²) < 4.78 is 10.6. The number of nitro groups is 1. The first-order valence-electron chi connectivity index (χ1n) is 7.36. The van der Waals surface area contributed by atoms with Crippen molar-refractivity contribution in [2.45, 2.75) is 13.0 Å². The van der Waals surface area contributed by atoms with Crippen molar-refractivity contribution in [3.63, 3.8) is 0 Å². The van der Waals surface area contributed by atoms with Gasteiger partial charge in [0.1, 0.15) is 0 Å². The molecule has 0 radical (unpaired) electrons. The lowest BCUT2D eigenvalue weighted by molar-refractivity contribution is -0.385. The number of carbonyl (C=O) groups excluding carboxylic acids is 1. The van der Waals surface area contributed by atoms with E-state index in [1.807, 2.05) is 11.4 Å². The van der Waals surface area contributed by atoms with Crippen molar-refractivity contribution < 1.29 is 19.2 Å². The molecule has 7 nitrogen and oxygen atoms in total. The quantitative estimate of drug-likeness (QED) is 0.613. The van der Waals surface area contributed by atoms with Crippen molar-refractivity contribution in [3.8, 4) is 11.5 Å². The number of nitrogens with zero attached hydrogens (tertiary/aromatic N) is 2. The van der Waals surface area contributed by atoms with Crippen LogP contribution in [0.5, 0.6) is 11.5 Å². The summed E-state index contributed by atoms with van der Waals surface area (Å²) in [7, 11) is 1.44. The Balaban J connectivity index is 1.66. The Labute approximate surface area is 142 Å². The Kier molecular flexibility index (Phi) is 4.66. The molecule has 0 spiro atoms. The summed E-state index contributed by atoms with van der Waals surface area (Å²) in [5.41, 5.74) is 1.06. The molecule has 1 aliphatic heterocycles. The molecule has 0 unspecified atom stereocenters. The minimum absolute atomic E-state index is 0.112. The zero-order valence-corrected chi connectivity index (χ0v) is 13.9. The van der Waals surface area contributed by atoms with Gasteiger partial charge in [0.25, 0.3) is 11.6 Å². The summed E-state index contributed by atoms with van der Waals surface area (Å²) in [5, 5.41) is 12.9. The van der Waals surface area contributed by atoms with Gasteiger partial charge < -0.3 is 14.4 Å². The predicted octanol–water partition coefficient (Wildman–Crippen LogP) is 2.63. The number of carbonyl (C=O) groups is 1. The summed E-state index contributed by atoms with van der Waals surface area (Å²) >= 11 is 1.71. The van der Waals surface area contributed by atoms with Crippen LogP contribution >= 0.6 is 11.3 Å². The fraction of sp³-hybridized carbons (Fsp3) is 0.312. The van der Waals surface area contributed by atoms with Crippen LogP contribution in [0.15, 0.2) is 29.6 Å². The predicted molar refractivity (Wildman–Crippen MR) is 88.6 cm³/mol. The smallest absolute Gasteiger partial charge is 0.273 e. The maximum atomic E-state index is 12.4. The molecular formula is C16H16N2O5S. The number of benzene rings is 1. The van der Waals surface area contributed by atoms with Crippen molar-refractivity contribution in [3.05, 3.63) is 50.2 Å². The van der Waals surface area contributed by atoms with Gasteiger partial charge >= 0.3 is 0 Å². The molecule has 1 amide bonds. The first-order valence-corrected chi connectivity index (χ1v) is 8.24. The van der Waals surface area contributed by atoms with E-state index in [0.717, 1.165) is 6.42 Å². The van der Waals surface area contributed by atoms with Gasteiger partial charge in [0.15, 0.2) is 18.1 Å². The van der Waals surface area contributed by atoms with Crippen LogP contribution in [-0.2, 0) is 17.8 Å². The normalized spacial score (nSPS) is 13.3. The Hall–Kier alpha value is -2.61. The van der Waals surface area contributed by atoms with Gasteiger partial charge in [-0.25, -0.2) is 0 Å². The van der Waals surface area contributed by atoms with E-state index in [4.69, 9.17) is 9.47 Å². The number of fused-ring (bicyclic) bond motifs is 1. The van der Waals surface area contributed by atoms with Gasteiger partial charge in [-0.2, -0.15) is 0 Å². The van der Waals surface area contributed by atoms with Gasteiger partial charge in [-0.3, -0.25) is 14.9 Å². The van der Waals surface area contributed by atoms with E-state index in [1.54, 1.807) is 16.2 Å². The SMILES string of the molecule is COc1ccc([N+](=O)[O-])cc1OCC(=O)N1CCc2sccc2C1. The van der Waals surface area contributed by atoms with E-state index in [1.165, 1.54) is 35.7 Å². The Morgan fingerprint density at radius 2 is 2.21 bits per heavy atom. The number of methoxy groups -OCH3 is 1. The summed E-state index contributed by atoms with van der Waals surface area (Å²) in [4.78, 5) is 25.8. The van der Waals surface area contributed by atoms with Crippen molar-refractivity contribution >= 4 is 22.9 Å². The molecule has 0 bridgehead atoms. The van der Waals surface area contributed by atoms with Gasteiger partial charge in [-0.05, 0) is 29.5 Å². The maximum Gasteiger partial charge on any atom is 0.273 e. The number of hydrogen-bond donors (Lipinski definition) is 0. The first-order chi connectivity index (χ1) is 11.6. The molecule has 24 heavy (non-hydrogen) atoms. The lowest BCUT2D eigenvalue weighted by atomic mass is 10.1. The number of hydrogen-bond acceptors (Lipinski definition) is 6. The van der Waals surface area contributed by atoms with Crippen molar-refractivity contribution in [1.29, 1.82) is 0 Å². The first kappa shape index (κ1) is 16.3. The largest absolute Gasteiger partial charge is 0.493 e. The third-order valence-corrected chi connectivity index (χ3v) is 4.89. The maximum absolute atomic E-state index is 12.4. The van der Waals surface area contributed by atoms with Gasteiger partial charge in [0.2, 0.25) is 0 Å². The molecule has 0 N–H and O–H groups in total. The molecule has 2 heterocycles. The number of rotatable bonds is 5. The van der Waals surface area contributed by atoms with Crippen LogP contribution in [0.3, 0.4) is 0 Å². The molecule has 3 rings (SSSR count). The van der Waals surface area contributed by atoms with Crippen LogP contribution in [-0.4, -0.2) is 36.0 Å². The molecule has 1 aromatic heterocycles. The van der Waals surface area contributed by atoms with Gasteiger partial charge in [-0.1, -0.05) is 0 Å². The minimum Gasteiger partial charge on any atom is -0.493 e.